The number of ether oxygens (including phenoxy) is 1. The lowest BCUT2D eigenvalue weighted by atomic mass is 9.99. The van der Waals surface area contributed by atoms with E-state index in [9.17, 15) is 4.79 Å². The Morgan fingerprint density at radius 3 is 2.88 bits per heavy atom. The molecule has 1 aromatic carbocycles. The van der Waals surface area contributed by atoms with E-state index in [1.165, 1.54) is 5.56 Å². The number of hydrogen-bond donors (Lipinski definition) is 0. The van der Waals surface area contributed by atoms with Crippen LogP contribution < -0.4 is 0 Å². The second kappa shape index (κ2) is 5.94. The van der Waals surface area contributed by atoms with Crippen LogP contribution in [0.15, 0.2) is 30.3 Å². The van der Waals surface area contributed by atoms with Gasteiger partial charge < -0.3 is 4.74 Å². The molecule has 1 saturated heterocycles. The lowest BCUT2D eigenvalue weighted by Gasteiger charge is -2.15. The van der Waals surface area contributed by atoms with Gasteiger partial charge in [0.15, 0.2) is 5.78 Å². The molecule has 17 heavy (non-hydrogen) atoms. The molecule has 0 bridgehead atoms. The van der Waals surface area contributed by atoms with Crippen LogP contribution >= 0.6 is 0 Å². The van der Waals surface area contributed by atoms with Crippen LogP contribution in [0, 0.1) is 0 Å². The van der Waals surface area contributed by atoms with E-state index < -0.39 is 0 Å². The van der Waals surface area contributed by atoms with Crippen LogP contribution in [0.2, 0.25) is 0 Å². The van der Waals surface area contributed by atoms with Crippen LogP contribution in [-0.2, 0) is 9.53 Å². The van der Waals surface area contributed by atoms with E-state index in [4.69, 9.17) is 4.74 Å². The number of carbonyl (C=O) groups is 1. The van der Waals surface area contributed by atoms with E-state index in [2.05, 4.69) is 29.2 Å². The fourth-order valence-electron chi connectivity index (χ4n) is 2.43. The van der Waals surface area contributed by atoms with Crippen molar-refractivity contribution in [3.05, 3.63) is 35.9 Å². The topological polar surface area (TPSA) is 29.5 Å². The fraction of sp³-hybridized carbons (Fsp3) is 0.500. The molecule has 1 atom stereocenters. The number of carbonyl (C=O) groups excluding carboxylic acids is 1. The van der Waals surface area contributed by atoms with Crippen LogP contribution in [0.25, 0.3) is 0 Å². The van der Waals surface area contributed by atoms with Crippen molar-refractivity contribution in [3.63, 3.8) is 0 Å². The molecule has 3 nitrogen and oxygen atoms in total. The number of benzene rings is 1. The molecule has 1 heterocycles. The lowest BCUT2D eigenvalue weighted by molar-refractivity contribution is -0.123. The van der Waals surface area contributed by atoms with Crippen LogP contribution in [0.3, 0.4) is 0 Å². The van der Waals surface area contributed by atoms with E-state index in [1.54, 1.807) is 7.11 Å². The standard InChI is InChI=1S/C14H19NO2/c1-17-11-14(16)10-15-8-7-13(9-15)12-5-3-2-4-6-12/h2-6,13H,7-11H2,1H3. The molecule has 0 spiro atoms. The van der Waals surface area contributed by atoms with Gasteiger partial charge in [-0.25, -0.2) is 0 Å². The number of hydrogen-bond acceptors (Lipinski definition) is 3. The highest BCUT2D eigenvalue weighted by Gasteiger charge is 2.24. The van der Waals surface area contributed by atoms with Gasteiger partial charge in [-0.2, -0.15) is 0 Å². The van der Waals surface area contributed by atoms with Crippen molar-refractivity contribution in [2.24, 2.45) is 0 Å². The molecule has 2 rings (SSSR count). The smallest absolute Gasteiger partial charge is 0.172 e. The van der Waals surface area contributed by atoms with Crippen LogP contribution in [0.5, 0.6) is 0 Å². The summed E-state index contributed by atoms with van der Waals surface area (Å²) in [6.45, 7) is 2.75. The molecular weight excluding hydrogens is 214 g/mol. The molecule has 0 aromatic heterocycles. The first-order chi connectivity index (χ1) is 8.29. The molecule has 0 aliphatic carbocycles. The number of Topliss-reactive ketones (excluding diaryl/α,β-unsaturated/α-hetero) is 1. The monoisotopic (exact) mass is 233 g/mol. The maximum absolute atomic E-state index is 11.5. The van der Waals surface area contributed by atoms with E-state index in [1.807, 2.05) is 6.07 Å². The number of methoxy groups -OCH3 is 1. The Hall–Kier alpha value is -1.19. The Kier molecular flexibility index (Phi) is 4.29. The van der Waals surface area contributed by atoms with Crippen molar-refractivity contribution in [1.82, 2.24) is 4.90 Å². The molecule has 0 radical (unpaired) electrons. The lowest BCUT2D eigenvalue weighted by Crippen LogP contribution is -2.29. The summed E-state index contributed by atoms with van der Waals surface area (Å²) < 4.78 is 4.85. The second-order valence-electron chi connectivity index (χ2n) is 4.60. The highest BCUT2D eigenvalue weighted by atomic mass is 16.5. The third-order valence-electron chi connectivity index (χ3n) is 3.25. The summed E-state index contributed by atoms with van der Waals surface area (Å²) in [6.07, 6.45) is 1.14. The molecule has 1 unspecified atom stereocenters. The van der Waals surface area contributed by atoms with Crippen LogP contribution in [0.4, 0.5) is 0 Å². The molecule has 1 fully saturated rings. The fourth-order valence-corrected chi connectivity index (χ4v) is 2.43. The Morgan fingerprint density at radius 2 is 2.18 bits per heavy atom. The van der Waals surface area contributed by atoms with E-state index in [0.717, 1.165) is 19.5 Å². The third-order valence-corrected chi connectivity index (χ3v) is 3.25. The van der Waals surface area contributed by atoms with Gasteiger partial charge in [0.25, 0.3) is 0 Å². The molecule has 0 amide bonds. The average Bonchev–Trinajstić information content (AvgIpc) is 2.79. The van der Waals surface area contributed by atoms with Crippen molar-refractivity contribution in [3.8, 4) is 0 Å². The zero-order valence-corrected chi connectivity index (χ0v) is 10.3. The summed E-state index contributed by atoms with van der Waals surface area (Å²) >= 11 is 0. The van der Waals surface area contributed by atoms with Gasteiger partial charge in [-0.05, 0) is 24.4 Å². The molecule has 1 aromatic rings. The molecule has 0 saturated carbocycles. The Morgan fingerprint density at radius 1 is 1.41 bits per heavy atom. The normalized spacial score (nSPS) is 20.6. The highest BCUT2D eigenvalue weighted by molar-refractivity contribution is 5.81. The minimum atomic E-state index is 0.168. The number of ketones is 1. The average molecular weight is 233 g/mol. The Labute approximate surface area is 102 Å². The highest BCUT2D eigenvalue weighted by Crippen LogP contribution is 2.26. The van der Waals surface area contributed by atoms with Gasteiger partial charge >= 0.3 is 0 Å². The van der Waals surface area contributed by atoms with Crippen molar-refractivity contribution in [2.75, 3.05) is 33.4 Å². The van der Waals surface area contributed by atoms with Gasteiger partial charge in [-0.1, -0.05) is 30.3 Å². The molecule has 1 aliphatic heterocycles. The van der Waals surface area contributed by atoms with Gasteiger partial charge in [0, 0.05) is 13.7 Å². The predicted molar refractivity (Wildman–Crippen MR) is 67.1 cm³/mol. The number of likely N-dealkylation sites (tertiary alicyclic amines) is 1. The Balaban J connectivity index is 1.86. The van der Waals surface area contributed by atoms with E-state index in [0.29, 0.717) is 12.5 Å². The molecule has 0 N–H and O–H groups in total. The number of nitrogens with zero attached hydrogens (tertiary/aromatic N) is 1. The van der Waals surface area contributed by atoms with Gasteiger partial charge in [0.1, 0.15) is 6.61 Å². The van der Waals surface area contributed by atoms with Crippen LogP contribution in [0.1, 0.15) is 17.9 Å². The maximum atomic E-state index is 11.5. The largest absolute Gasteiger partial charge is 0.377 e. The maximum Gasteiger partial charge on any atom is 0.172 e. The minimum Gasteiger partial charge on any atom is -0.377 e. The summed E-state index contributed by atoms with van der Waals surface area (Å²) in [4.78, 5) is 13.7. The quantitative estimate of drug-likeness (QED) is 0.775. The summed E-state index contributed by atoms with van der Waals surface area (Å²) in [7, 11) is 1.56. The first-order valence-electron chi connectivity index (χ1n) is 6.07. The predicted octanol–water partition coefficient (Wildman–Crippen LogP) is 1.69. The van der Waals surface area contributed by atoms with Gasteiger partial charge in [-0.15, -0.1) is 0 Å². The summed E-state index contributed by atoms with van der Waals surface area (Å²) in [5, 5.41) is 0. The van der Waals surface area contributed by atoms with Gasteiger partial charge in [-0.3, -0.25) is 9.69 Å². The first-order valence-corrected chi connectivity index (χ1v) is 6.07. The first kappa shape index (κ1) is 12.3. The zero-order chi connectivity index (χ0) is 12.1. The van der Waals surface area contributed by atoms with Gasteiger partial charge in [0.05, 0.1) is 6.54 Å². The molecule has 1 aliphatic rings. The molecule has 3 heteroatoms. The van der Waals surface area contributed by atoms with Crippen molar-refractivity contribution in [1.29, 1.82) is 0 Å². The SMILES string of the molecule is COCC(=O)CN1CCC(c2ccccc2)C1. The van der Waals surface area contributed by atoms with Crippen molar-refractivity contribution < 1.29 is 9.53 Å². The third kappa shape index (κ3) is 3.38. The van der Waals surface area contributed by atoms with E-state index >= 15 is 0 Å². The Bertz CT molecular complexity index is 364. The summed E-state index contributed by atoms with van der Waals surface area (Å²) in [5.41, 5.74) is 1.38. The molecule has 92 valence electrons. The second-order valence-corrected chi connectivity index (χ2v) is 4.60. The molecular formula is C14H19NO2. The van der Waals surface area contributed by atoms with Crippen molar-refractivity contribution in [2.45, 2.75) is 12.3 Å². The minimum absolute atomic E-state index is 0.168. The number of rotatable bonds is 5. The summed E-state index contributed by atoms with van der Waals surface area (Å²) in [6, 6.07) is 10.5. The zero-order valence-electron chi connectivity index (χ0n) is 10.3. The van der Waals surface area contributed by atoms with Crippen molar-refractivity contribution >= 4 is 5.78 Å². The summed E-state index contributed by atoms with van der Waals surface area (Å²) in [5.74, 6) is 0.743. The van der Waals surface area contributed by atoms with E-state index in [-0.39, 0.29) is 12.4 Å². The van der Waals surface area contributed by atoms with Gasteiger partial charge in [0.2, 0.25) is 0 Å². The van der Waals surface area contributed by atoms with Crippen LogP contribution in [-0.4, -0.2) is 44.0 Å².